The van der Waals surface area contributed by atoms with Gasteiger partial charge in [-0.2, -0.15) is 8.78 Å². The molecule has 0 aliphatic rings. The molecule has 21 heavy (non-hydrogen) atoms. The normalized spacial score (nSPS) is 10.4. The van der Waals surface area contributed by atoms with Crippen LogP contribution in [0.5, 0.6) is 11.5 Å². The number of aromatic hydroxyl groups is 1. The molecule has 2 N–H and O–H groups in total. The van der Waals surface area contributed by atoms with Crippen molar-refractivity contribution < 1.29 is 23.4 Å². The Morgan fingerprint density at radius 1 is 1.14 bits per heavy atom. The van der Waals surface area contributed by atoms with E-state index in [1.807, 2.05) is 0 Å². The first-order chi connectivity index (χ1) is 10.0. The molecule has 4 nitrogen and oxygen atoms in total. The van der Waals surface area contributed by atoms with E-state index >= 15 is 0 Å². The number of halogens is 2. The number of anilines is 1. The molecule has 0 fully saturated rings. The summed E-state index contributed by atoms with van der Waals surface area (Å²) in [5.74, 6) is -0.305. The van der Waals surface area contributed by atoms with Crippen LogP contribution in [-0.4, -0.2) is 17.6 Å². The van der Waals surface area contributed by atoms with Crippen LogP contribution in [0.2, 0.25) is 0 Å². The van der Waals surface area contributed by atoms with Crippen LogP contribution in [0.1, 0.15) is 5.56 Å². The molecule has 2 rings (SSSR count). The van der Waals surface area contributed by atoms with Crippen LogP contribution in [0.3, 0.4) is 0 Å². The van der Waals surface area contributed by atoms with Crippen molar-refractivity contribution in [3.8, 4) is 11.5 Å². The van der Waals surface area contributed by atoms with Crippen LogP contribution >= 0.6 is 0 Å². The summed E-state index contributed by atoms with van der Waals surface area (Å²) in [4.78, 5) is 11.8. The number of carbonyl (C=O) groups is 1. The van der Waals surface area contributed by atoms with Gasteiger partial charge in [-0.15, -0.1) is 0 Å². The van der Waals surface area contributed by atoms with Crippen molar-refractivity contribution in [1.29, 1.82) is 0 Å². The zero-order valence-corrected chi connectivity index (χ0v) is 10.9. The highest BCUT2D eigenvalue weighted by atomic mass is 19.3. The topological polar surface area (TPSA) is 58.6 Å². The van der Waals surface area contributed by atoms with Crippen molar-refractivity contribution >= 4 is 11.6 Å². The van der Waals surface area contributed by atoms with Crippen molar-refractivity contribution in [3.63, 3.8) is 0 Å². The molecule has 1 amide bonds. The largest absolute Gasteiger partial charge is 0.506 e. The van der Waals surface area contributed by atoms with Gasteiger partial charge in [-0.3, -0.25) is 4.79 Å². The van der Waals surface area contributed by atoms with Gasteiger partial charge < -0.3 is 15.2 Å². The zero-order valence-electron chi connectivity index (χ0n) is 10.9. The lowest BCUT2D eigenvalue weighted by molar-refractivity contribution is -0.115. The average molecular weight is 293 g/mol. The Morgan fingerprint density at radius 2 is 1.81 bits per heavy atom. The standard InChI is InChI=1S/C15H13F2NO3/c16-15(17)21-11-7-5-10(6-8-11)9-14(20)18-12-3-1-2-4-13(12)19/h1-8,15,19H,9H2,(H,18,20). The fourth-order valence-electron chi connectivity index (χ4n) is 1.75. The molecule has 0 spiro atoms. The predicted molar refractivity (Wildman–Crippen MR) is 73.5 cm³/mol. The van der Waals surface area contributed by atoms with Crippen molar-refractivity contribution in [3.05, 3.63) is 54.1 Å². The third kappa shape index (κ3) is 4.45. The number of carbonyl (C=O) groups excluding carboxylic acids is 1. The van der Waals surface area contributed by atoms with E-state index in [2.05, 4.69) is 10.1 Å². The first-order valence-corrected chi connectivity index (χ1v) is 6.16. The Morgan fingerprint density at radius 3 is 2.43 bits per heavy atom. The molecule has 0 heterocycles. The molecule has 0 aromatic heterocycles. The fraction of sp³-hybridized carbons (Fsp3) is 0.133. The second-order valence-corrected chi connectivity index (χ2v) is 4.26. The highest BCUT2D eigenvalue weighted by molar-refractivity contribution is 5.93. The van der Waals surface area contributed by atoms with Gasteiger partial charge in [-0.05, 0) is 29.8 Å². The van der Waals surface area contributed by atoms with Crippen molar-refractivity contribution in [1.82, 2.24) is 0 Å². The van der Waals surface area contributed by atoms with Gasteiger partial charge in [0.25, 0.3) is 0 Å². The van der Waals surface area contributed by atoms with Gasteiger partial charge in [0.2, 0.25) is 5.91 Å². The van der Waals surface area contributed by atoms with E-state index in [0.717, 1.165) is 0 Å². The molecule has 0 aliphatic heterocycles. The maximum atomic E-state index is 12.0. The number of hydrogen-bond donors (Lipinski definition) is 2. The second kappa shape index (κ2) is 6.69. The van der Waals surface area contributed by atoms with E-state index in [9.17, 15) is 18.7 Å². The van der Waals surface area contributed by atoms with E-state index in [1.165, 1.54) is 30.3 Å². The SMILES string of the molecule is O=C(Cc1ccc(OC(F)F)cc1)Nc1ccccc1O. The van der Waals surface area contributed by atoms with Gasteiger partial charge in [-0.25, -0.2) is 0 Å². The Labute approximate surface area is 120 Å². The third-order valence-electron chi connectivity index (χ3n) is 2.69. The fourth-order valence-corrected chi connectivity index (χ4v) is 1.75. The number of rotatable bonds is 5. The van der Waals surface area contributed by atoms with Gasteiger partial charge in [0, 0.05) is 0 Å². The summed E-state index contributed by atoms with van der Waals surface area (Å²) in [6.45, 7) is -2.87. The Hall–Kier alpha value is -2.63. The highest BCUT2D eigenvalue weighted by Crippen LogP contribution is 2.22. The number of benzene rings is 2. The van der Waals surface area contributed by atoms with Gasteiger partial charge >= 0.3 is 6.61 Å². The predicted octanol–water partition coefficient (Wildman–Crippen LogP) is 3.17. The van der Waals surface area contributed by atoms with Crippen molar-refractivity contribution in [2.75, 3.05) is 5.32 Å². The lowest BCUT2D eigenvalue weighted by Gasteiger charge is -2.08. The van der Waals surface area contributed by atoms with Crippen LogP contribution in [0.4, 0.5) is 14.5 Å². The Bertz CT molecular complexity index is 615. The molecule has 2 aromatic carbocycles. The summed E-state index contributed by atoms with van der Waals surface area (Å²) in [6, 6.07) is 12.2. The molecule has 0 bridgehead atoms. The molecular formula is C15H13F2NO3. The number of hydrogen-bond acceptors (Lipinski definition) is 3. The minimum absolute atomic E-state index is 0.0217. The van der Waals surface area contributed by atoms with Gasteiger partial charge in [0.15, 0.2) is 0 Å². The number of alkyl halides is 2. The number of phenols is 1. The number of nitrogens with one attached hydrogen (secondary N) is 1. The van der Waals surface area contributed by atoms with E-state index in [0.29, 0.717) is 11.3 Å². The Kier molecular flexibility index (Phi) is 4.71. The van der Waals surface area contributed by atoms with Crippen LogP contribution in [0.25, 0.3) is 0 Å². The zero-order chi connectivity index (χ0) is 15.2. The first kappa shape index (κ1) is 14.8. The van der Waals surface area contributed by atoms with Gasteiger partial charge in [-0.1, -0.05) is 24.3 Å². The van der Waals surface area contributed by atoms with E-state index in [4.69, 9.17) is 0 Å². The number of phenolic OH excluding ortho intramolecular Hbond substituents is 1. The Balaban J connectivity index is 1.95. The molecule has 0 saturated heterocycles. The van der Waals surface area contributed by atoms with Crippen molar-refractivity contribution in [2.24, 2.45) is 0 Å². The summed E-state index contributed by atoms with van der Waals surface area (Å²) < 4.78 is 28.2. The van der Waals surface area contributed by atoms with Crippen molar-refractivity contribution in [2.45, 2.75) is 13.0 Å². The molecule has 2 aromatic rings. The number of ether oxygens (including phenoxy) is 1. The smallest absolute Gasteiger partial charge is 0.387 e. The van der Waals surface area contributed by atoms with Crippen LogP contribution in [0, 0.1) is 0 Å². The maximum absolute atomic E-state index is 12.0. The van der Waals surface area contributed by atoms with Crippen LogP contribution < -0.4 is 10.1 Å². The summed E-state index contributed by atoms with van der Waals surface area (Å²) in [5.41, 5.74) is 0.963. The molecule has 110 valence electrons. The number of para-hydroxylation sites is 2. The van der Waals surface area contributed by atoms with E-state index in [1.54, 1.807) is 18.2 Å². The summed E-state index contributed by atoms with van der Waals surface area (Å²) in [5, 5.41) is 12.1. The molecule has 0 atom stereocenters. The average Bonchev–Trinajstić information content (AvgIpc) is 2.43. The number of amides is 1. The second-order valence-electron chi connectivity index (χ2n) is 4.26. The minimum atomic E-state index is -2.87. The summed E-state index contributed by atoms with van der Waals surface area (Å²) >= 11 is 0. The minimum Gasteiger partial charge on any atom is -0.506 e. The first-order valence-electron chi connectivity index (χ1n) is 6.16. The molecule has 0 saturated carbocycles. The molecule has 0 unspecified atom stereocenters. The summed E-state index contributed by atoms with van der Waals surface area (Å²) in [6.07, 6.45) is 0.0588. The van der Waals surface area contributed by atoms with Gasteiger partial charge in [0.05, 0.1) is 12.1 Å². The molecule has 0 aliphatic carbocycles. The van der Waals surface area contributed by atoms with Crippen LogP contribution in [-0.2, 0) is 11.2 Å². The highest BCUT2D eigenvalue weighted by Gasteiger charge is 2.08. The quantitative estimate of drug-likeness (QED) is 0.832. The third-order valence-corrected chi connectivity index (χ3v) is 2.69. The van der Waals surface area contributed by atoms with E-state index < -0.39 is 6.61 Å². The molecular weight excluding hydrogens is 280 g/mol. The van der Waals surface area contributed by atoms with E-state index in [-0.39, 0.29) is 23.8 Å². The molecule has 6 heteroatoms. The monoisotopic (exact) mass is 293 g/mol. The maximum Gasteiger partial charge on any atom is 0.387 e. The van der Waals surface area contributed by atoms with Gasteiger partial charge in [0.1, 0.15) is 11.5 Å². The molecule has 0 radical (unpaired) electrons. The van der Waals surface area contributed by atoms with Crippen LogP contribution in [0.15, 0.2) is 48.5 Å². The summed E-state index contributed by atoms with van der Waals surface area (Å²) in [7, 11) is 0. The lowest BCUT2D eigenvalue weighted by Crippen LogP contribution is -2.14. The lowest BCUT2D eigenvalue weighted by atomic mass is 10.1.